The van der Waals surface area contributed by atoms with Crippen molar-refractivity contribution in [2.45, 2.75) is 45.9 Å². The van der Waals surface area contributed by atoms with Crippen LogP contribution in [0.2, 0.25) is 5.02 Å². The van der Waals surface area contributed by atoms with E-state index < -0.39 is 11.4 Å². The monoisotopic (exact) mass is 458 g/mol. The molecule has 0 aliphatic rings. The summed E-state index contributed by atoms with van der Waals surface area (Å²) < 4.78 is 21.3. The van der Waals surface area contributed by atoms with Gasteiger partial charge in [-0.05, 0) is 45.9 Å². The van der Waals surface area contributed by atoms with Crippen LogP contribution >= 0.6 is 11.6 Å². The SMILES string of the molecule is CCOC(C)(C)c1ncc(C(=O)N[C@@H](C)Cn2ccc(-c3cc(F)c(C#N)c(Cl)c3)n2)[nH]1. The molecule has 0 aliphatic heterocycles. The molecule has 0 spiro atoms. The summed E-state index contributed by atoms with van der Waals surface area (Å²) >= 11 is 5.98. The summed E-state index contributed by atoms with van der Waals surface area (Å²) in [5.41, 5.74) is 0.480. The highest BCUT2D eigenvalue weighted by Crippen LogP contribution is 2.27. The lowest BCUT2D eigenvalue weighted by atomic mass is 10.1. The van der Waals surface area contributed by atoms with Gasteiger partial charge in [0, 0.05) is 24.4 Å². The predicted octanol–water partition coefficient (Wildman–Crippen LogP) is 4.03. The summed E-state index contributed by atoms with van der Waals surface area (Å²) in [5, 5.41) is 16.3. The van der Waals surface area contributed by atoms with E-state index >= 15 is 0 Å². The summed E-state index contributed by atoms with van der Waals surface area (Å²) in [6.45, 7) is 8.42. The number of aromatic nitrogens is 4. The number of nitrogens with zero attached hydrogens (tertiary/aromatic N) is 4. The van der Waals surface area contributed by atoms with Gasteiger partial charge in [0.25, 0.3) is 5.91 Å². The molecule has 0 bridgehead atoms. The average molecular weight is 459 g/mol. The van der Waals surface area contributed by atoms with Crippen LogP contribution in [-0.4, -0.2) is 38.3 Å². The summed E-state index contributed by atoms with van der Waals surface area (Å²) in [7, 11) is 0. The molecule has 1 aromatic carbocycles. The Morgan fingerprint density at radius 1 is 1.47 bits per heavy atom. The first-order valence-corrected chi connectivity index (χ1v) is 10.5. The minimum Gasteiger partial charge on any atom is -0.368 e. The van der Waals surface area contributed by atoms with Crippen molar-refractivity contribution >= 4 is 17.5 Å². The lowest BCUT2D eigenvalue weighted by molar-refractivity contribution is -0.0202. The molecule has 10 heteroatoms. The molecule has 2 N–H and O–H groups in total. The molecule has 0 radical (unpaired) electrons. The second-order valence-electron chi connectivity index (χ2n) is 7.81. The van der Waals surface area contributed by atoms with Gasteiger partial charge in [-0.1, -0.05) is 11.6 Å². The fraction of sp³-hybridized carbons (Fsp3) is 0.364. The van der Waals surface area contributed by atoms with Crippen LogP contribution in [0.15, 0.2) is 30.6 Å². The number of H-pyrrole nitrogens is 1. The number of halogens is 2. The molecule has 2 aromatic heterocycles. The van der Waals surface area contributed by atoms with Gasteiger partial charge in [0.15, 0.2) is 0 Å². The predicted molar refractivity (Wildman–Crippen MR) is 118 cm³/mol. The van der Waals surface area contributed by atoms with E-state index in [0.29, 0.717) is 35.9 Å². The fourth-order valence-electron chi connectivity index (χ4n) is 3.24. The zero-order valence-corrected chi connectivity index (χ0v) is 19.0. The zero-order chi connectivity index (χ0) is 23.5. The molecule has 3 aromatic rings. The Morgan fingerprint density at radius 3 is 2.88 bits per heavy atom. The second-order valence-corrected chi connectivity index (χ2v) is 8.22. The Bertz CT molecular complexity index is 1140. The number of carbonyl (C=O) groups excluding carboxylic acids is 1. The fourth-order valence-corrected chi connectivity index (χ4v) is 3.49. The number of benzene rings is 1. The minimum absolute atomic E-state index is 0.0316. The minimum atomic E-state index is -0.698. The third-order valence-electron chi connectivity index (χ3n) is 4.82. The van der Waals surface area contributed by atoms with Gasteiger partial charge in [0.2, 0.25) is 0 Å². The Kier molecular flexibility index (Phi) is 6.96. The number of carbonyl (C=O) groups is 1. The van der Waals surface area contributed by atoms with Crippen molar-refractivity contribution in [3.8, 4) is 17.3 Å². The van der Waals surface area contributed by atoms with Crippen molar-refractivity contribution < 1.29 is 13.9 Å². The van der Waals surface area contributed by atoms with E-state index in [2.05, 4.69) is 20.4 Å². The molecule has 32 heavy (non-hydrogen) atoms. The normalized spacial score (nSPS) is 12.4. The smallest absolute Gasteiger partial charge is 0.269 e. The van der Waals surface area contributed by atoms with Crippen LogP contribution in [0.4, 0.5) is 4.39 Å². The second kappa shape index (κ2) is 9.51. The highest BCUT2D eigenvalue weighted by Gasteiger charge is 2.25. The highest BCUT2D eigenvalue weighted by molar-refractivity contribution is 6.32. The molecular formula is C22H24ClFN6O2. The van der Waals surface area contributed by atoms with Crippen LogP contribution in [0.5, 0.6) is 0 Å². The summed E-state index contributed by atoms with van der Waals surface area (Å²) in [6.07, 6.45) is 3.20. The third kappa shape index (κ3) is 5.15. The van der Waals surface area contributed by atoms with Crippen LogP contribution in [0.1, 0.15) is 49.6 Å². The molecule has 3 rings (SSSR count). The molecule has 168 valence electrons. The first-order chi connectivity index (χ1) is 15.1. The maximum absolute atomic E-state index is 14.0. The quantitative estimate of drug-likeness (QED) is 0.529. The van der Waals surface area contributed by atoms with E-state index in [0.717, 1.165) is 0 Å². The van der Waals surface area contributed by atoms with Crippen molar-refractivity contribution in [2.24, 2.45) is 0 Å². The summed E-state index contributed by atoms with van der Waals surface area (Å²) in [6, 6.07) is 5.92. The van der Waals surface area contributed by atoms with Gasteiger partial charge in [-0.25, -0.2) is 9.37 Å². The molecule has 1 amide bonds. The number of nitrogens with one attached hydrogen (secondary N) is 2. The first-order valence-electron chi connectivity index (χ1n) is 10.1. The maximum atomic E-state index is 14.0. The molecule has 0 saturated heterocycles. The molecule has 2 heterocycles. The van der Waals surface area contributed by atoms with Crippen LogP contribution in [0.3, 0.4) is 0 Å². The highest BCUT2D eigenvalue weighted by atomic mass is 35.5. The van der Waals surface area contributed by atoms with Crippen LogP contribution < -0.4 is 5.32 Å². The number of ether oxygens (including phenoxy) is 1. The Labute approximate surface area is 190 Å². The Balaban J connectivity index is 1.65. The molecular weight excluding hydrogens is 435 g/mol. The Hall–Kier alpha value is -3.22. The van der Waals surface area contributed by atoms with E-state index in [-0.39, 0.29) is 22.5 Å². The van der Waals surface area contributed by atoms with Crippen LogP contribution in [0.25, 0.3) is 11.3 Å². The molecule has 0 saturated carbocycles. The maximum Gasteiger partial charge on any atom is 0.269 e. The average Bonchev–Trinajstić information content (AvgIpc) is 3.38. The number of hydrogen-bond acceptors (Lipinski definition) is 5. The standard InChI is InChI=1S/C22H24ClFN6O2/c1-5-32-22(3,4)21-26-11-19(28-21)20(31)27-13(2)12-30-7-6-18(29-30)14-8-16(23)15(10-25)17(24)9-14/h6-9,11,13H,5,12H2,1-4H3,(H,26,28)(H,27,31)/t13-/m0/s1. The van der Waals surface area contributed by atoms with Gasteiger partial charge in [-0.15, -0.1) is 0 Å². The zero-order valence-electron chi connectivity index (χ0n) is 18.2. The molecule has 0 unspecified atom stereocenters. The van der Waals surface area contributed by atoms with Crippen molar-refractivity contribution in [1.82, 2.24) is 25.1 Å². The summed E-state index contributed by atoms with van der Waals surface area (Å²) in [4.78, 5) is 19.8. The van der Waals surface area contributed by atoms with E-state index in [1.54, 1.807) is 23.0 Å². The lowest BCUT2D eigenvalue weighted by Gasteiger charge is -2.21. The van der Waals surface area contributed by atoms with Crippen molar-refractivity contribution in [1.29, 1.82) is 5.26 Å². The number of aromatic amines is 1. The molecule has 8 nitrogen and oxygen atoms in total. The van der Waals surface area contributed by atoms with Gasteiger partial charge >= 0.3 is 0 Å². The van der Waals surface area contributed by atoms with E-state index in [1.807, 2.05) is 27.7 Å². The van der Waals surface area contributed by atoms with Crippen LogP contribution in [-0.2, 0) is 16.9 Å². The largest absolute Gasteiger partial charge is 0.368 e. The molecule has 0 fully saturated rings. The van der Waals surface area contributed by atoms with Gasteiger partial charge < -0.3 is 15.0 Å². The lowest BCUT2D eigenvalue weighted by Crippen LogP contribution is -2.36. The van der Waals surface area contributed by atoms with E-state index in [4.69, 9.17) is 21.6 Å². The first kappa shape index (κ1) is 23.4. The molecule has 0 aliphatic carbocycles. The molecule has 1 atom stereocenters. The topological polar surface area (TPSA) is 109 Å². The number of rotatable bonds is 8. The third-order valence-corrected chi connectivity index (χ3v) is 5.12. The van der Waals surface area contributed by atoms with Crippen molar-refractivity contribution in [3.05, 3.63) is 58.5 Å². The van der Waals surface area contributed by atoms with Gasteiger partial charge in [0.05, 0.1) is 23.5 Å². The Morgan fingerprint density at radius 2 is 2.22 bits per heavy atom. The van der Waals surface area contributed by atoms with Crippen molar-refractivity contribution in [3.63, 3.8) is 0 Å². The number of amides is 1. The summed E-state index contributed by atoms with van der Waals surface area (Å²) in [5.74, 6) is -0.421. The van der Waals surface area contributed by atoms with E-state index in [1.165, 1.54) is 18.3 Å². The van der Waals surface area contributed by atoms with Gasteiger partial charge in [0.1, 0.15) is 34.6 Å². The number of nitriles is 1. The van der Waals surface area contributed by atoms with Crippen LogP contribution in [0, 0.1) is 17.1 Å². The van der Waals surface area contributed by atoms with Crippen molar-refractivity contribution in [2.75, 3.05) is 6.61 Å². The van der Waals surface area contributed by atoms with E-state index in [9.17, 15) is 9.18 Å². The number of hydrogen-bond donors (Lipinski definition) is 2. The van der Waals surface area contributed by atoms with Gasteiger partial charge in [-0.2, -0.15) is 10.4 Å². The number of imidazole rings is 1. The van der Waals surface area contributed by atoms with Gasteiger partial charge in [-0.3, -0.25) is 9.48 Å².